The lowest BCUT2D eigenvalue weighted by Crippen LogP contribution is -2.28. The molecule has 4 rings (SSSR count). The number of nitrogens with zero attached hydrogens (tertiary/aromatic N) is 5. The van der Waals surface area contributed by atoms with Crippen LogP contribution in [0.5, 0.6) is 5.75 Å². The average molecular weight is 341 g/mol. The van der Waals surface area contributed by atoms with E-state index in [0.29, 0.717) is 12.1 Å². The second-order valence-corrected chi connectivity index (χ2v) is 5.86. The molecule has 0 spiro atoms. The molecule has 0 amide bonds. The molecule has 0 fully saturated rings. The third kappa shape index (κ3) is 2.82. The molecule has 0 radical (unpaired) electrons. The van der Waals surface area contributed by atoms with Crippen LogP contribution in [0, 0.1) is 11.3 Å². The van der Waals surface area contributed by atoms with Crippen LogP contribution in [0.4, 0.5) is 5.69 Å². The molecule has 0 aliphatic heterocycles. The number of rotatable bonds is 4. The first-order valence-corrected chi connectivity index (χ1v) is 8.08. The van der Waals surface area contributed by atoms with Gasteiger partial charge in [-0.15, -0.1) is 10.2 Å². The minimum atomic E-state index is 0.230. The number of hydrogen-bond acceptors (Lipinski definition) is 5. The largest absolute Gasteiger partial charge is 0.508 e. The highest BCUT2D eigenvalue weighted by Gasteiger charge is 2.15. The zero-order chi connectivity index (χ0) is 17.9. The third-order valence-corrected chi connectivity index (χ3v) is 4.25. The topological polar surface area (TPSA) is 78.0 Å². The van der Waals surface area contributed by atoms with Gasteiger partial charge in [-0.25, -0.2) is 4.68 Å². The van der Waals surface area contributed by atoms with Crippen molar-refractivity contribution < 1.29 is 5.11 Å². The second-order valence-electron chi connectivity index (χ2n) is 5.86. The standard InChI is InChI=1S/C20H15N5O/c21-11-16-7-10-20(19-4-2-1-3-18(16)19)25(24-13-22-23-14-24)12-15-5-8-17(26)9-6-15/h1-10,13-14,26H,12H2. The zero-order valence-electron chi connectivity index (χ0n) is 13.8. The third-order valence-electron chi connectivity index (χ3n) is 4.25. The molecule has 0 aliphatic carbocycles. The molecule has 0 unspecified atom stereocenters. The molecule has 3 aromatic carbocycles. The van der Waals surface area contributed by atoms with Crippen molar-refractivity contribution in [2.75, 3.05) is 5.01 Å². The van der Waals surface area contributed by atoms with Crippen LogP contribution >= 0.6 is 0 Å². The van der Waals surface area contributed by atoms with E-state index in [4.69, 9.17) is 0 Å². The van der Waals surface area contributed by atoms with Crippen LogP contribution in [0.2, 0.25) is 0 Å². The second kappa shape index (κ2) is 6.57. The first kappa shape index (κ1) is 15.7. The van der Waals surface area contributed by atoms with Crippen molar-refractivity contribution >= 4 is 16.5 Å². The molecular weight excluding hydrogens is 326 g/mol. The number of aromatic nitrogens is 3. The summed E-state index contributed by atoms with van der Waals surface area (Å²) in [5, 5.41) is 30.6. The molecule has 1 N–H and O–H groups in total. The van der Waals surface area contributed by atoms with Crippen LogP contribution in [0.1, 0.15) is 11.1 Å². The van der Waals surface area contributed by atoms with Crippen molar-refractivity contribution in [1.29, 1.82) is 5.26 Å². The Hall–Kier alpha value is -3.85. The van der Waals surface area contributed by atoms with Crippen molar-refractivity contribution in [2.45, 2.75) is 6.54 Å². The number of phenolic OH excluding ortho intramolecular Hbond substituents is 1. The number of anilines is 1. The highest BCUT2D eigenvalue weighted by Crippen LogP contribution is 2.30. The predicted octanol–water partition coefficient (Wildman–Crippen LogP) is 3.48. The van der Waals surface area contributed by atoms with Crippen LogP contribution in [0.15, 0.2) is 73.3 Å². The summed E-state index contributed by atoms with van der Waals surface area (Å²) in [6.45, 7) is 0.550. The smallest absolute Gasteiger partial charge is 0.139 e. The van der Waals surface area contributed by atoms with E-state index in [2.05, 4.69) is 16.3 Å². The van der Waals surface area contributed by atoms with Crippen LogP contribution < -0.4 is 5.01 Å². The van der Waals surface area contributed by atoms with E-state index >= 15 is 0 Å². The van der Waals surface area contributed by atoms with E-state index in [0.717, 1.165) is 22.0 Å². The molecule has 0 saturated heterocycles. The normalized spacial score (nSPS) is 10.6. The number of fused-ring (bicyclic) bond motifs is 1. The van der Waals surface area contributed by atoms with Crippen LogP contribution in [0.25, 0.3) is 10.8 Å². The van der Waals surface area contributed by atoms with Crippen molar-refractivity contribution in [2.24, 2.45) is 0 Å². The lowest BCUT2D eigenvalue weighted by Gasteiger charge is -2.26. The molecule has 6 nitrogen and oxygen atoms in total. The van der Waals surface area contributed by atoms with E-state index in [-0.39, 0.29) is 5.75 Å². The summed E-state index contributed by atoms with van der Waals surface area (Å²) in [6, 6.07) is 20.9. The molecule has 6 heteroatoms. The van der Waals surface area contributed by atoms with Gasteiger partial charge in [-0.1, -0.05) is 36.4 Å². The van der Waals surface area contributed by atoms with Gasteiger partial charge in [0, 0.05) is 10.8 Å². The number of nitriles is 1. The lowest BCUT2D eigenvalue weighted by molar-refractivity contribution is 0.475. The Morgan fingerprint density at radius 3 is 2.31 bits per heavy atom. The van der Waals surface area contributed by atoms with Gasteiger partial charge in [0.05, 0.1) is 23.9 Å². The Balaban J connectivity index is 1.86. The molecule has 0 atom stereocenters. The van der Waals surface area contributed by atoms with Gasteiger partial charge in [-0.05, 0) is 29.8 Å². The van der Waals surface area contributed by atoms with Crippen LogP contribution in [-0.4, -0.2) is 20.0 Å². The fourth-order valence-electron chi connectivity index (χ4n) is 2.99. The summed E-state index contributed by atoms with van der Waals surface area (Å²) in [4.78, 5) is 0. The first-order valence-electron chi connectivity index (χ1n) is 8.08. The summed E-state index contributed by atoms with van der Waals surface area (Å²) in [7, 11) is 0. The fourth-order valence-corrected chi connectivity index (χ4v) is 2.99. The van der Waals surface area contributed by atoms with Gasteiger partial charge in [0.15, 0.2) is 0 Å². The van der Waals surface area contributed by atoms with Crippen LogP contribution in [0.3, 0.4) is 0 Å². The molecule has 0 bridgehead atoms. The zero-order valence-corrected chi connectivity index (χ0v) is 13.8. The number of hydrogen-bond donors (Lipinski definition) is 1. The van der Waals surface area contributed by atoms with Crippen molar-refractivity contribution in [1.82, 2.24) is 14.9 Å². The number of benzene rings is 3. The molecule has 0 saturated carbocycles. The average Bonchev–Trinajstić information content (AvgIpc) is 3.21. The first-order chi connectivity index (χ1) is 12.8. The van der Waals surface area contributed by atoms with E-state index in [1.54, 1.807) is 29.5 Å². The molecule has 126 valence electrons. The maximum absolute atomic E-state index is 9.52. The van der Waals surface area contributed by atoms with Gasteiger partial charge in [-0.3, -0.25) is 5.01 Å². The van der Waals surface area contributed by atoms with Gasteiger partial charge in [0.25, 0.3) is 0 Å². The minimum Gasteiger partial charge on any atom is -0.508 e. The summed E-state index contributed by atoms with van der Waals surface area (Å²) in [5.41, 5.74) is 2.59. The highest BCUT2D eigenvalue weighted by molar-refractivity contribution is 5.97. The van der Waals surface area contributed by atoms with Gasteiger partial charge < -0.3 is 5.11 Å². The maximum atomic E-state index is 9.52. The van der Waals surface area contributed by atoms with E-state index in [1.807, 2.05) is 53.5 Å². The monoisotopic (exact) mass is 341 g/mol. The number of aromatic hydroxyl groups is 1. The van der Waals surface area contributed by atoms with E-state index in [9.17, 15) is 10.4 Å². The van der Waals surface area contributed by atoms with Crippen molar-refractivity contribution in [3.8, 4) is 11.8 Å². The molecular formula is C20H15N5O. The van der Waals surface area contributed by atoms with Crippen molar-refractivity contribution in [3.05, 3.63) is 84.4 Å². The van der Waals surface area contributed by atoms with Gasteiger partial charge in [-0.2, -0.15) is 5.26 Å². The van der Waals surface area contributed by atoms with Crippen LogP contribution in [-0.2, 0) is 6.54 Å². The Bertz CT molecular complexity index is 1080. The summed E-state index contributed by atoms with van der Waals surface area (Å²) < 4.78 is 1.81. The summed E-state index contributed by atoms with van der Waals surface area (Å²) in [5.74, 6) is 0.230. The molecule has 0 aliphatic rings. The summed E-state index contributed by atoms with van der Waals surface area (Å²) >= 11 is 0. The maximum Gasteiger partial charge on any atom is 0.139 e. The van der Waals surface area contributed by atoms with Gasteiger partial charge >= 0.3 is 0 Å². The quantitative estimate of drug-likeness (QED) is 0.615. The Labute approximate surface area is 150 Å². The highest BCUT2D eigenvalue weighted by atomic mass is 16.3. The molecule has 26 heavy (non-hydrogen) atoms. The van der Waals surface area contributed by atoms with E-state index < -0.39 is 0 Å². The van der Waals surface area contributed by atoms with E-state index in [1.165, 1.54) is 0 Å². The minimum absolute atomic E-state index is 0.230. The SMILES string of the molecule is N#Cc1ccc(N(Cc2ccc(O)cc2)n2cnnc2)c2ccccc12. The number of phenols is 1. The van der Waals surface area contributed by atoms with Crippen molar-refractivity contribution in [3.63, 3.8) is 0 Å². The molecule has 4 aromatic rings. The van der Waals surface area contributed by atoms with Gasteiger partial charge in [0.2, 0.25) is 0 Å². The summed E-state index contributed by atoms with van der Waals surface area (Å²) in [6.07, 6.45) is 3.26. The molecule has 1 aromatic heterocycles. The van der Waals surface area contributed by atoms with Gasteiger partial charge in [0.1, 0.15) is 18.4 Å². The fraction of sp³-hybridized carbons (Fsp3) is 0.0500. The lowest BCUT2D eigenvalue weighted by atomic mass is 10.0. The Kier molecular flexibility index (Phi) is 3.96. The molecule has 1 heterocycles. The predicted molar refractivity (Wildman–Crippen MR) is 98.4 cm³/mol. The Morgan fingerprint density at radius 2 is 1.62 bits per heavy atom. The Morgan fingerprint density at radius 1 is 0.923 bits per heavy atom.